The number of nitrogens with zero attached hydrogens (tertiary/aromatic N) is 3. The van der Waals surface area contributed by atoms with E-state index in [1.807, 2.05) is 42.5 Å². The van der Waals surface area contributed by atoms with Crippen LogP contribution in [0, 0.1) is 0 Å². The van der Waals surface area contributed by atoms with Gasteiger partial charge in [0.05, 0.1) is 0 Å². The maximum absolute atomic E-state index is 6.84. The Kier molecular flexibility index (Phi) is 8.12. The molecule has 0 radical (unpaired) electrons. The molecule has 0 N–H and O–H groups in total. The molecule has 0 atom stereocenters. The maximum Gasteiger partial charge on any atom is 0.164 e. The number of hydrogen-bond acceptors (Lipinski definition) is 4. The molecule has 0 amide bonds. The van der Waals surface area contributed by atoms with Crippen molar-refractivity contribution in [3.63, 3.8) is 0 Å². The van der Waals surface area contributed by atoms with Crippen LogP contribution in [-0.4, -0.2) is 15.0 Å². The maximum atomic E-state index is 6.84. The van der Waals surface area contributed by atoms with Crippen LogP contribution in [0.25, 0.3) is 101 Å². The normalized spacial score (nSPS) is 11.3. The van der Waals surface area contributed by atoms with Crippen molar-refractivity contribution in [2.75, 3.05) is 0 Å². The smallest absolute Gasteiger partial charge is 0.164 e. The van der Waals surface area contributed by atoms with Gasteiger partial charge in [-0.15, -0.1) is 0 Å². The first-order valence-corrected chi connectivity index (χ1v) is 18.4. The highest BCUT2D eigenvalue weighted by atomic mass is 16.3. The topological polar surface area (TPSA) is 51.8 Å². The van der Waals surface area contributed by atoms with Gasteiger partial charge in [0.15, 0.2) is 17.5 Å². The van der Waals surface area contributed by atoms with Crippen LogP contribution in [-0.2, 0) is 0 Å². The Hall–Kier alpha value is -7.43. The van der Waals surface area contributed by atoms with E-state index < -0.39 is 0 Å². The van der Waals surface area contributed by atoms with E-state index in [0.717, 1.165) is 72.0 Å². The molecule has 4 nitrogen and oxygen atoms in total. The lowest BCUT2D eigenvalue weighted by Gasteiger charge is -2.11. The van der Waals surface area contributed by atoms with Crippen LogP contribution in [0.2, 0.25) is 0 Å². The molecule has 0 aliphatic carbocycles. The number of para-hydroxylation sites is 2. The zero-order chi connectivity index (χ0) is 36.6. The second kappa shape index (κ2) is 13.8. The molecule has 2 aromatic heterocycles. The summed E-state index contributed by atoms with van der Waals surface area (Å²) in [5, 5.41) is 2.16. The van der Waals surface area contributed by atoms with Gasteiger partial charge < -0.3 is 4.42 Å². The lowest BCUT2D eigenvalue weighted by atomic mass is 9.98. The second-order valence-corrected chi connectivity index (χ2v) is 13.6. The summed E-state index contributed by atoms with van der Waals surface area (Å²) in [6.07, 6.45) is 0. The van der Waals surface area contributed by atoms with Gasteiger partial charge in [0.2, 0.25) is 0 Å². The quantitative estimate of drug-likeness (QED) is 0.166. The van der Waals surface area contributed by atoms with Crippen LogP contribution in [0.5, 0.6) is 0 Å². The minimum absolute atomic E-state index is 0.605. The van der Waals surface area contributed by atoms with Gasteiger partial charge in [-0.25, -0.2) is 15.0 Å². The fourth-order valence-electron chi connectivity index (χ4n) is 7.39. The summed E-state index contributed by atoms with van der Waals surface area (Å²) < 4.78 is 6.84. The van der Waals surface area contributed by atoms with Crippen molar-refractivity contribution in [3.8, 4) is 78.7 Å². The highest BCUT2D eigenvalue weighted by molar-refractivity contribution is 6.13. The first kappa shape index (κ1) is 32.2. The summed E-state index contributed by atoms with van der Waals surface area (Å²) in [7, 11) is 0. The molecular weight excluding hydrogens is 671 g/mol. The summed E-state index contributed by atoms with van der Waals surface area (Å²) in [6, 6.07) is 69.2. The third kappa shape index (κ3) is 6.16. The zero-order valence-corrected chi connectivity index (χ0v) is 29.8. The van der Waals surface area contributed by atoms with Crippen molar-refractivity contribution in [1.29, 1.82) is 0 Å². The molecular formula is C51H33N3O. The number of aromatic nitrogens is 3. The third-order valence-corrected chi connectivity index (χ3v) is 10.2. The van der Waals surface area contributed by atoms with E-state index in [4.69, 9.17) is 19.4 Å². The Balaban J connectivity index is 1.07. The predicted molar refractivity (Wildman–Crippen MR) is 225 cm³/mol. The van der Waals surface area contributed by atoms with E-state index in [-0.39, 0.29) is 0 Å². The Morgan fingerprint density at radius 1 is 0.255 bits per heavy atom. The molecule has 0 aliphatic rings. The minimum Gasteiger partial charge on any atom is -0.455 e. The zero-order valence-electron chi connectivity index (χ0n) is 29.8. The SMILES string of the molecule is c1ccc(-c2ccc(-c3cccc4c3oc3c(-c5cccc(-c6nc(-c7ccccc7)nc(-c7cccc(-c8ccccc8)c7)n6)c5)cccc34)cc2)cc1. The van der Waals surface area contributed by atoms with Crippen LogP contribution >= 0.6 is 0 Å². The summed E-state index contributed by atoms with van der Waals surface area (Å²) in [4.78, 5) is 15.1. The molecule has 10 aromatic rings. The molecule has 2 heterocycles. The lowest BCUT2D eigenvalue weighted by Crippen LogP contribution is -2.00. The molecule has 0 bridgehead atoms. The van der Waals surface area contributed by atoms with Crippen molar-refractivity contribution >= 4 is 21.9 Å². The molecule has 4 heteroatoms. The minimum atomic E-state index is 0.605. The number of hydrogen-bond donors (Lipinski definition) is 0. The van der Waals surface area contributed by atoms with Gasteiger partial charge in [-0.05, 0) is 45.5 Å². The molecule has 0 saturated heterocycles. The molecule has 258 valence electrons. The number of furan rings is 1. The first-order valence-electron chi connectivity index (χ1n) is 18.4. The average Bonchev–Trinajstić information content (AvgIpc) is 3.67. The molecule has 55 heavy (non-hydrogen) atoms. The fraction of sp³-hybridized carbons (Fsp3) is 0. The number of benzene rings is 8. The molecule has 8 aromatic carbocycles. The molecule has 0 unspecified atom stereocenters. The van der Waals surface area contributed by atoms with Gasteiger partial charge in [-0.1, -0.05) is 188 Å². The molecule has 0 spiro atoms. The second-order valence-electron chi connectivity index (χ2n) is 13.6. The van der Waals surface area contributed by atoms with Crippen molar-refractivity contribution in [1.82, 2.24) is 15.0 Å². The van der Waals surface area contributed by atoms with Gasteiger partial charge in [-0.2, -0.15) is 0 Å². The van der Waals surface area contributed by atoms with Gasteiger partial charge >= 0.3 is 0 Å². The molecule has 0 saturated carbocycles. The third-order valence-electron chi connectivity index (χ3n) is 10.2. The summed E-state index contributed by atoms with van der Waals surface area (Å²) in [5.41, 5.74) is 13.3. The van der Waals surface area contributed by atoms with E-state index in [9.17, 15) is 0 Å². The van der Waals surface area contributed by atoms with Crippen LogP contribution in [0.4, 0.5) is 0 Å². The van der Waals surface area contributed by atoms with Gasteiger partial charge in [0.1, 0.15) is 11.2 Å². The Bertz CT molecular complexity index is 2950. The van der Waals surface area contributed by atoms with E-state index in [1.165, 1.54) is 11.1 Å². The van der Waals surface area contributed by atoms with Crippen LogP contribution < -0.4 is 0 Å². The number of fused-ring (bicyclic) bond motifs is 3. The Morgan fingerprint density at radius 3 is 1.18 bits per heavy atom. The molecule has 0 aliphatic heterocycles. The van der Waals surface area contributed by atoms with Crippen LogP contribution in [0.15, 0.2) is 205 Å². The number of rotatable bonds is 7. The largest absolute Gasteiger partial charge is 0.455 e. The summed E-state index contributed by atoms with van der Waals surface area (Å²) in [5.74, 6) is 1.85. The standard InChI is InChI=1S/C51H33N3O/c1-4-14-34(15-5-1)36-28-30-37(31-29-36)43-24-12-26-45-46-27-13-25-44(48(46)55-47(43)45)40-21-11-23-42(33-40)51-53-49(38-18-8-3-9-19-38)52-50(54-51)41-22-10-20-39(32-41)35-16-6-2-7-17-35/h1-33H. The van der Waals surface area contributed by atoms with Gasteiger partial charge in [0, 0.05) is 38.6 Å². The summed E-state index contributed by atoms with van der Waals surface area (Å²) in [6.45, 7) is 0. The highest BCUT2D eigenvalue weighted by Crippen LogP contribution is 2.41. The van der Waals surface area contributed by atoms with Gasteiger partial charge in [-0.3, -0.25) is 0 Å². The van der Waals surface area contributed by atoms with Crippen molar-refractivity contribution in [2.24, 2.45) is 0 Å². The van der Waals surface area contributed by atoms with Crippen LogP contribution in [0.3, 0.4) is 0 Å². The van der Waals surface area contributed by atoms with Crippen molar-refractivity contribution in [3.05, 3.63) is 200 Å². The Morgan fingerprint density at radius 2 is 0.618 bits per heavy atom. The van der Waals surface area contributed by atoms with E-state index in [0.29, 0.717) is 17.5 Å². The van der Waals surface area contributed by atoms with Gasteiger partial charge in [0.25, 0.3) is 0 Å². The van der Waals surface area contributed by atoms with E-state index in [2.05, 4.69) is 158 Å². The highest BCUT2D eigenvalue weighted by Gasteiger charge is 2.18. The lowest BCUT2D eigenvalue weighted by molar-refractivity contribution is 0.671. The van der Waals surface area contributed by atoms with E-state index >= 15 is 0 Å². The molecule has 10 rings (SSSR count). The molecule has 0 fully saturated rings. The fourth-order valence-corrected chi connectivity index (χ4v) is 7.39. The summed E-state index contributed by atoms with van der Waals surface area (Å²) >= 11 is 0. The van der Waals surface area contributed by atoms with Crippen molar-refractivity contribution < 1.29 is 4.42 Å². The van der Waals surface area contributed by atoms with Crippen molar-refractivity contribution in [2.45, 2.75) is 0 Å². The predicted octanol–water partition coefficient (Wildman–Crippen LogP) is 13.4. The Labute approximate surface area is 319 Å². The monoisotopic (exact) mass is 703 g/mol. The first-order chi connectivity index (χ1) is 27.2. The van der Waals surface area contributed by atoms with Crippen LogP contribution in [0.1, 0.15) is 0 Å². The van der Waals surface area contributed by atoms with E-state index in [1.54, 1.807) is 0 Å². The average molecular weight is 704 g/mol.